The van der Waals surface area contributed by atoms with Gasteiger partial charge in [0.1, 0.15) is 11.4 Å². The zero-order chi connectivity index (χ0) is 21.1. The first-order chi connectivity index (χ1) is 14.6. The Kier molecular flexibility index (Phi) is 5.88. The van der Waals surface area contributed by atoms with E-state index in [1.165, 1.54) is 11.3 Å². The van der Waals surface area contributed by atoms with Crippen molar-refractivity contribution in [1.29, 1.82) is 0 Å². The Balaban J connectivity index is 1.77. The molecule has 0 aromatic heterocycles. The minimum absolute atomic E-state index is 0.0156. The van der Waals surface area contributed by atoms with Crippen molar-refractivity contribution in [3.8, 4) is 5.75 Å². The molecule has 1 aliphatic carbocycles. The summed E-state index contributed by atoms with van der Waals surface area (Å²) in [6.45, 7) is 2.52. The average Bonchev–Trinajstić information content (AvgIpc) is 3.05. The van der Waals surface area contributed by atoms with Gasteiger partial charge in [0, 0.05) is 18.8 Å². The van der Waals surface area contributed by atoms with Crippen LogP contribution in [-0.2, 0) is 9.59 Å². The van der Waals surface area contributed by atoms with Crippen LogP contribution in [0.15, 0.2) is 60.3 Å². The molecule has 1 fully saturated rings. The molecule has 0 unspecified atom stereocenters. The largest absolute Gasteiger partial charge is 0.494 e. The number of likely N-dealkylation sites (N-methyl/N-ethyl adjacent to an activating group) is 1. The molecule has 156 valence electrons. The van der Waals surface area contributed by atoms with Crippen molar-refractivity contribution < 1.29 is 14.3 Å². The Bertz CT molecular complexity index is 944. The molecule has 0 N–H and O–H groups in total. The van der Waals surface area contributed by atoms with E-state index in [0.29, 0.717) is 17.9 Å². The van der Waals surface area contributed by atoms with Crippen LogP contribution in [0.25, 0.3) is 5.57 Å². The summed E-state index contributed by atoms with van der Waals surface area (Å²) >= 11 is 0. The maximum atomic E-state index is 13.6. The van der Waals surface area contributed by atoms with Crippen LogP contribution >= 0.6 is 0 Å². The highest BCUT2D eigenvalue weighted by Gasteiger charge is 2.44. The lowest BCUT2D eigenvalue weighted by Crippen LogP contribution is -2.43. The van der Waals surface area contributed by atoms with Gasteiger partial charge in [0.05, 0.1) is 12.2 Å². The molecule has 30 heavy (non-hydrogen) atoms. The van der Waals surface area contributed by atoms with E-state index in [2.05, 4.69) is 0 Å². The molecule has 0 radical (unpaired) electrons. The predicted octanol–water partition coefficient (Wildman–Crippen LogP) is 4.63. The number of carbonyl (C=O) groups is 2. The first-order valence-corrected chi connectivity index (χ1v) is 10.8. The number of hydrogen-bond acceptors (Lipinski definition) is 4. The second-order valence-electron chi connectivity index (χ2n) is 7.85. The number of nitrogens with zero attached hydrogens (tertiary/aromatic N) is 2. The standard InChI is InChI=1S/C25H28N2O3/c1-3-30-21-16-14-18(15-17-21)22-23(26(2)19-10-6-4-7-11-19)25(29)27(24(22)28)20-12-8-5-9-13-20/h4,6-7,10-11,14-17,20H,3,5,8-9,12-13H2,1-2H3. The van der Waals surface area contributed by atoms with Gasteiger partial charge in [-0.2, -0.15) is 0 Å². The van der Waals surface area contributed by atoms with E-state index in [-0.39, 0.29) is 17.9 Å². The molecule has 2 aromatic rings. The van der Waals surface area contributed by atoms with Gasteiger partial charge in [0.15, 0.2) is 0 Å². The maximum Gasteiger partial charge on any atom is 0.278 e. The number of carbonyl (C=O) groups excluding carboxylic acids is 2. The molecule has 4 rings (SSSR count). The summed E-state index contributed by atoms with van der Waals surface area (Å²) in [5.74, 6) is 0.372. The summed E-state index contributed by atoms with van der Waals surface area (Å²) < 4.78 is 5.54. The number of para-hydroxylation sites is 1. The molecule has 5 heteroatoms. The van der Waals surface area contributed by atoms with Crippen LogP contribution in [-0.4, -0.2) is 36.4 Å². The van der Waals surface area contributed by atoms with Crippen LogP contribution < -0.4 is 9.64 Å². The van der Waals surface area contributed by atoms with Gasteiger partial charge in [-0.1, -0.05) is 49.6 Å². The molecule has 2 aliphatic rings. The molecule has 1 aliphatic heterocycles. The highest BCUT2D eigenvalue weighted by Crippen LogP contribution is 2.37. The van der Waals surface area contributed by atoms with Gasteiger partial charge in [-0.05, 0) is 49.6 Å². The van der Waals surface area contributed by atoms with Gasteiger partial charge < -0.3 is 9.64 Å². The smallest absolute Gasteiger partial charge is 0.278 e. The lowest BCUT2D eigenvalue weighted by molar-refractivity contribution is -0.140. The van der Waals surface area contributed by atoms with Gasteiger partial charge >= 0.3 is 0 Å². The summed E-state index contributed by atoms with van der Waals surface area (Å²) in [4.78, 5) is 30.5. The highest BCUT2D eigenvalue weighted by molar-refractivity contribution is 6.36. The van der Waals surface area contributed by atoms with Crippen LogP contribution in [0.2, 0.25) is 0 Å². The van der Waals surface area contributed by atoms with Crippen LogP contribution in [0.4, 0.5) is 5.69 Å². The van der Waals surface area contributed by atoms with Crippen molar-refractivity contribution in [2.75, 3.05) is 18.6 Å². The van der Waals surface area contributed by atoms with E-state index in [4.69, 9.17) is 4.74 Å². The number of ether oxygens (including phenoxy) is 1. The van der Waals surface area contributed by atoms with Gasteiger partial charge in [0.2, 0.25) is 0 Å². The van der Waals surface area contributed by atoms with Crippen LogP contribution in [0.1, 0.15) is 44.6 Å². The van der Waals surface area contributed by atoms with Gasteiger partial charge in [-0.3, -0.25) is 14.5 Å². The Morgan fingerprint density at radius 1 is 0.933 bits per heavy atom. The monoisotopic (exact) mass is 404 g/mol. The lowest BCUT2D eigenvalue weighted by Gasteiger charge is -2.30. The molecular formula is C25H28N2O3. The van der Waals surface area contributed by atoms with Crippen molar-refractivity contribution in [3.05, 3.63) is 65.9 Å². The number of amides is 2. The van der Waals surface area contributed by atoms with Gasteiger partial charge in [0.25, 0.3) is 11.8 Å². The molecule has 2 aromatic carbocycles. The molecule has 1 heterocycles. The zero-order valence-corrected chi connectivity index (χ0v) is 17.6. The molecule has 1 saturated carbocycles. The fourth-order valence-corrected chi connectivity index (χ4v) is 4.44. The third kappa shape index (κ3) is 3.72. The Morgan fingerprint density at radius 2 is 1.60 bits per heavy atom. The number of anilines is 1. The van der Waals surface area contributed by atoms with Gasteiger partial charge in [-0.25, -0.2) is 0 Å². The average molecular weight is 405 g/mol. The van der Waals surface area contributed by atoms with E-state index >= 15 is 0 Å². The minimum Gasteiger partial charge on any atom is -0.494 e. The van der Waals surface area contributed by atoms with Crippen LogP contribution in [0, 0.1) is 0 Å². The lowest BCUT2D eigenvalue weighted by atomic mass is 9.94. The van der Waals surface area contributed by atoms with Gasteiger partial charge in [-0.15, -0.1) is 0 Å². The second kappa shape index (κ2) is 8.74. The third-order valence-electron chi connectivity index (χ3n) is 5.96. The molecule has 0 spiro atoms. The minimum atomic E-state index is -0.192. The number of benzene rings is 2. The molecule has 0 atom stereocenters. The van der Waals surface area contributed by atoms with Crippen LogP contribution in [0.3, 0.4) is 0 Å². The van der Waals surface area contributed by atoms with Crippen LogP contribution in [0.5, 0.6) is 5.75 Å². The summed E-state index contributed by atoms with van der Waals surface area (Å²) in [7, 11) is 1.86. The summed E-state index contributed by atoms with van der Waals surface area (Å²) in [6, 6.07) is 17.1. The van der Waals surface area contributed by atoms with Crippen molar-refractivity contribution in [3.63, 3.8) is 0 Å². The molecule has 5 nitrogen and oxygen atoms in total. The van der Waals surface area contributed by atoms with E-state index < -0.39 is 0 Å². The summed E-state index contributed by atoms with van der Waals surface area (Å²) in [5, 5.41) is 0. The molecule has 0 saturated heterocycles. The predicted molar refractivity (Wildman–Crippen MR) is 118 cm³/mol. The summed E-state index contributed by atoms with van der Waals surface area (Å²) in [6.07, 6.45) is 5.06. The quantitative estimate of drug-likeness (QED) is 0.659. The van der Waals surface area contributed by atoms with Crippen molar-refractivity contribution in [1.82, 2.24) is 4.90 Å². The van der Waals surface area contributed by atoms with E-state index in [0.717, 1.165) is 42.7 Å². The van der Waals surface area contributed by atoms with E-state index in [1.807, 2.05) is 73.5 Å². The normalized spacial score (nSPS) is 17.6. The Hall–Kier alpha value is -3.08. The van der Waals surface area contributed by atoms with Crippen molar-refractivity contribution in [2.24, 2.45) is 0 Å². The summed E-state index contributed by atoms with van der Waals surface area (Å²) in [5.41, 5.74) is 2.54. The number of imide groups is 1. The first-order valence-electron chi connectivity index (χ1n) is 10.8. The second-order valence-corrected chi connectivity index (χ2v) is 7.85. The molecule has 0 bridgehead atoms. The number of hydrogen-bond donors (Lipinski definition) is 0. The number of rotatable bonds is 6. The SMILES string of the molecule is CCOc1ccc(C2=C(N(C)c3ccccc3)C(=O)N(C3CCCCC3)C2=O)cc1. The van der Waals surface area contributed by atoms with E-state index in [1.54, 1.807) is 0 Å². The fraction of sp³-hybridized carbons (Fsp3) is 0.360. The Morgan fingerprint density at radius 3 is 2.23 bits per heavy atom. The fourth-order valence-electron chi connectivity index (χ4n) is 4.44. The Labute approximate surface area is 177 Å². The molecule has 2 amide bonds. The molecular weight excluding hydrogens is 376 g/mol. The topological polar surface area (TPSA) is 49.9 Å². The maximum absolute atomic E-state index is 13.6. The zero-order valence-electron chi connectivity index (χ0n) is 17.6. The van der Waals surface area contributed by atoms with E-state index in [9.17, 15) is 9.59 Å². The third-order valence-corrected chi connectivity index (χ3v) is 5.96. The highest BCUT2D eigenvalue weighted by atomic mass is 16.5. The van der Waals surface area contributed by atoms with Crippen molar-refractivity contribution in [2.45, 2.75) is 45.1 Å². The first kappa shape index (κ1) is 20.2. The van der Waals surface area contributed by atoms with Crippen molar-refractivity contribution >= 4 is 23.1 Å².